The van der Waals surface area contributed by atoms with Crippen molar-refractivity contribution in [3.63, 3.8) is 0 Å². The fourth-order valence-corrected chi connectivity index (χ4v) is 3.18. The molecule has 25 heavy (non-hydrogen) atoms. The van der Waals surface area contributed by atoms with Crippen molar-refractivity contribution in [3.8, 4) is 0 Å². The van der Waals surface area contributed by atoms with Crippen LogP contribution in [0.3, 0.4) is 0 Å². The lowest BCUT2D eigenvalue weighted by molar-refractivity contribution is 0.0618. The minimum absolute atomic E-state index is 0.0414. The number of anilines is 1. The number of unbranched alkanes of at least 4 members (excludes halogenated alkanes) is 1. The summed E-state index contributed by atoms with van der Waals surface area (Å²) < 4.78 is 2.07. The van der Waals surface area contributed by atoms with Crippen LogP contribution in [-0.2, 0) is 19.6 Å². The van der Waals surface area contributed by atoms with E-state index in [1.165, 1.54) is 0 Å². The smallest absolute Gasteiger partial charge is 0.152 e. The van der Waals surface area contributed by atoms with Gasteiger partial charge in [0.1, 0.15) is 11.3 Å². The van der Waals surface area contributed by atoms with Crippen molar-refractivity contribution in [2.45, 2.75) is 58.8 Å². The van der Waals surface area contributed by atoms with E-state index in [4.69, 9.17) is 10.7 Å². The zero-order valence-electron chi connectivity index (χ0n) is 15.1. The first-order valence-electron chi connectivity index (χ1n) is 8.74. The number of rotatable bonds is 6. The molecular formula is C19H26N4O2. The first kappa shape index (κ1) is 17.6. The standard InChI is InChI=1S/C19H26N4O2/c1-4-5-6-15-22-16-17(23(15)11-19(2,3)25)13-8-7-12(10-24)9-14(13)21-18(16)20/h7-9,24-25H,4-6,10-11H2,1-3H3,(H2,20,21). The van der Waals surface area contributed by atoms with Crippen LogP contribution in [0.1, 0.15) is 45.0 Å². The Kier molecular flexibility index (Phi) is 4.67. The molecule has 2 heterocycles. The minimum Gasteiger partial charge on any atom is -0.392 e. The second-order valence-electron chi connectivity index (χ2n) is 7.23. The number of aliphatic hydroxyl groups excluding tert-OH is 1. The number of aromatic nitrogens is 3. The Morgan fingerprint density at radius 3 is 2.64 bits per heavy atom. The molecule has 0 aliphatic rings. The van der Waals surface area contributed by atoms with E-state index in [0.717, 1.165) is 47.1 Å². The molecule has 6 heteroatoms. The highest BCUT2D eigenvalue weighted by molar-refractivity contribution is 6.06. The third kappa shape index (κ3) is 3.45. The first-order valence-corrected chi connectivity index (χ1v) is 8.74. The van der Waals surface area contributed by atoms with Crippen molar-refractivity contribution in [1.82, 2.24) is 14.5 Å². The van der Waals surface area contributed by atoms with Crippen molar-refractivity contribution in [3.05, 3.63) is 29.6 Å². The van der Waals surface area contributed by atoms with Gasteiger partial charge < -0.3 is 20.5 Å². The van der Waals surface area contributed by atoms with Gasteiger partial charge in [-0.2, -0.15) is 0 Å². The van der Waals surface area contributed by atoms with Crippen molar-refractivity contribution in [2.24, 2.45) is 0 Å². The molecular weight excluding hydrogens is 316 g/mol. The summed E-state index contributed by atoms with van der Waals surface area (Å²) in [5.74, 6) is 1.30. The number of nitrogens with zero attached hydrogens (tertiary/aromatic N) is 3. The molecule has 0 atom stereocenters. The van der Waals surface area contributed by atoms with Crippen LogP contribution in [0, 0.1) is 0 Å². The monoisotopic (exact) mass is 342 g/mol. The number of aryl methyl sites for hydroxylation is 1. The number of hydrogen-bond acceptors (Lipinski definition) is 5. The van der Waals surface area contributed by atoms with Crippen LogP contribution in [0.25, 0.3) is 21.9 Å². The van der Waals surface area contributed by atoms with Gasteiger partial charge in [-0.3, -0.25) is 0 Å². The summed E-state index contributed by atoms with van der Waals surface area (Å²) in [6.45, 7) is 6.12. The van der Waals surface area contributed by atoms with Crippen LogP contribution in [0.15, 0.2) is 18.2 Å². The van der Waals surface area contributed by atoms with Gasteiger partial charge in [-0.05, 0) is 31.9 Å². The molecule has 0 radical (unpaired) electrons. The summed E-state index contributed by atoms with van der Waals surface area (Å²) in [5.41, 5.74) is 8.41. The Morgan fingerprint density at radius 2 is 2.00 bits per heavy atom. The second-order valence-corrected chi connectivity index (χ2v) is 7.23. The number of aliphatic hydroxyl groups is 2. The number of pyridine rings is 1. The molecule has 0 aliphatic carbocycles. The van der Waals surface area contributed by atoms with Gasteiger partial charge in [0.2, 0.25) is 0 Å². The lowest BCUT2D eigenvalue weighted by Crippen LogP contribution is -2.27. The maximum atomic E-state index is 10.4. The van der Waals surface area contributed by atoms with E-state index < -0.39 is 5.60 Å². The zero-order valence-corrected chi connectivity index (χ0v) is 15.1. The quantitative estimate of drug-likeness (QED) is 0.640. The highest BCUT2D eigenvalue weighted by atomic mass is 16.3. The molecule has 0 bridgehead atoms. The highest BCUT2D eigenvalue weighted by Gasteiger charge is 2.22. The molecule has 4 N–H and O–H groups in total. The molecule has 3 aromatic rings. The summed E-state index contributed by atoms with van der Waals surface area (Å²) in [6.07, 6.45) is 2.92. The van der Waals surface area contributed by atoms with E-state index in [1.807, 2.05) is 18.2 Å². The molecule has 0 unspecified atom stereocenters. The Bertz CT molecular complexity index is 909. The van der Waals surface area contributed by atoms with Gasteiger partial charge in [-0.15, -0.1) is 0 Å². The molecule has 0 saturated heterocycles. The Labute approximate surface area is 147 Å². The van der Waals surface area contributed by atoms with E-state index in [1.54, 1.807) is 13.8 Å². The maximum Gasteiger partial charge on any atom is 0.152 e. The number of nitrogen functional groups attached to an aromatic ring is 1. The third-order valence-corrected chi connectivity index (χ3v) is 4.33. The van der Waals surface area contributed by atoms with Crippen LogP contribution in [0.5, 0.6) is 0 Å². The van der Waals surface area contributed by atoms with E-state index in [-0.39, 0.29) is 6.61 Å². The largest absolute Gasteiger partial charge is 0.392 e. The van der Waals surface area contributed by atoms with E-state index in [2.05, 4.69) is 16.5 Å². The fourth-order valence-electron chi connectivity index (χ4n) is 3.18. The molecule has 1 aromatic carbocycles. The SMILES string of the molecule is CCCCc1nc2c(N)nc3cc(CO)ccc3c2n1CC(C)(C)O. The van der Waals surface area contributed by atoms with Crippen molar-refractivity contribution in [1.29, 1.82) is 0 Å². The summed E-state index contributed by atoms with van der Waals surface area (Å²) in [6, 6.07) is 5.67. The summed E-state index contributed by atoms with van der Waals surface area (Å²) >= 11 is 0. The Hall–Kier alpha value is -2.18. The number of nitrogens with two attached hydrogens (primary N) is 1. The molecule has 0 fully saturated rings. The number of fused-ring (bicyclic) bond motifs is 3. The number of hydrogen-bond donors (Lipinski definition) is 3. The lowest BCUT2D eigenvalue weighted by atomic mass is 10.1. The van der Waals surface area contributed by atoms with E-state index in [0.29, 0.717) is 17.9 Å². The number of imidazole rings is 1. The lowest BCUT2D eigenvalue weighted by Gasteiger charge is -2.20. The summed E-state index contributed by atoms with van der Waals surface area (Å²) in [4.78, 5) is 9.21. The molecule has 0 saturated carbocycles. The molecule has 2 aromatic heterocycles. The van der Waals surface area contributed by atoms with Gasteiger partial charge in [-0.25, -0.2) is 9.97 Å². The van der Waals surface area contributed by atoms with Crippen LogP contribution < -0.4 is 5.73 Å². The molecule has 0 amide bonds. The maximum absolute atomic E-state index is 10.4. The second kappa shape index (κ2) is 6.61. The van der Waals surface area contributed by atoms with Gasteiger partial charge >= 0.3 is 0 Å². The topological polar surface area (TPSA) is 97.2 Å². The summed E-state index contributed by atoms with van der Waals surface area (Å²) in [5, 5.41) is 20.7. The predicted molar refractivity (Wildman–Crippen MR) is 100 cm³/mol. The van der Waals surface area contributed by atoms with Gasteiger partial charge in [0.25, 0.3) is 0 Å². The first-order chi connectivity index (χ1) is 11.8. The predicted octanol–water partition coefficient (Wildman–Crippen LogP) is 2.77. The van der Waals surface area contributed by atoms with Crippen molar-refractivity contribution in [2.75, 3.05) is 5.73 Å². The van der Waals surface area contributed by atoms with E-state index >= 15 is 0 Å². The normalized spacial score (nSPS) is 12.4. The molecule has 134 valence electrons. The van der Waals surface area contributed by atoms with Crippen LogP contribution in [0.2, 0.25) is 0 Å². The molecule has 0 spiro atoms. The average Bonchev–Trinajstić information content (AvgIpc) is 2.90. The average molecular weight is 342 g/mol. The Morgan fingerprint density at radius 1 is 1.24 bits per heavy atom. The number of benzene rings is 1. The molecule has 0 aliphatic heterocycles. The minimum atomic E-state index is -0.871. The highest BCUT2D eigenvalue weighted by Crippen LogP contribution is 2.31. The van der Waals surface area contributed by atoms with E-state index in [9.17, 15) is 10.2 Å². The van der Waals surface area contributed by atoms with Crippen LogP contribution >= 0.6 is 0 Å². The zero-order chi connectivity index (χ0) is 18.2. The fraction of sp³-hybridized carbons (Fsp3) is 0.474. The van der Waals surface area contributed by atoms with Crippen LogP contribution in [-0.4, -0.2) is 30.3 Å². The summed E-state index contributed by atoms with van der Waals surface area (Å²) in [7, 11) is 0. The molecule has 3 rings (SSSR count). The third-order valence-electron chi connectivity index (χ3n) is 4.33. The van der Waals surface area contributed by atoms with Crippen molar-refractivity contribution >= 4 is 27.8 Å². The molecule has 6 nitrogen and oxygen atoms in total. The van der Waals surface area contributed by atoms with Crippen molar-refractivity contribution < 1.29 is 10.2 Å². The van der Waals surface area contributed by atoms with Gasteiger partial charge in [0, 0.05) is 11.8 Å². The van der Waals surface area contributed by atoms with Gasteiger partial charge in [0.15, 0.2) is 5.82 Å². The van der Waals surface area contributed by atoms with Gasteiger partial charge in [-0.1, -0.05) is 25.5 Å². The van der Waals surface area contributed by atoms with Gasteiger partial charge in [0.05, 0.1) is 29.8 Å². The Balaban J connectivity index is 2.32. The van der Waals surface area contributed by atoms with Crippen LogP contribution in [0.4, 0.5) is 5.82 Å².